The number of hydrogen-bond acceptors (Lipinski definition) is 7. The summed E-state index contributed by atoms with van der Waals surface area (Å²) in [4.78, 5) is 31.6. The van der Waals surface area contributed by atoms with Crippen LogP contribution in [0.25, 0.3) is 0 Å². The van der Waals surface area contributed by atoms with Gasteiger partial charge < -0.3 is 26.8 Å². The maximum absolute atomic E-state index is 11.8. The number of aromatic nitrogens is 2. The number of rotatable bonds is 9. The van der Waals surface area contributed by atoms with Crippen LogP contribution in [0.5, 0.6) is 0 Å². The van der Waals surface area contributed by atoms with Crippen LogP contribution in [0.3, 0.4) is 0 Å². The zero-order valence-corrected chi connectivity index (χ0v) is 17.0. The van der Waals surface area contributed by atoms with Crippen molar-refractivity contribution in [1.82, 2.24) is 9.97 Å². The molecule has 0 aliphatic heterocycles. The van der Waals surface area contributed by atoms with Crippen molar-refractivity contribution in [3.63, 3.8) is 0 Å². The van der Waals surface area contributed by atoms with Crippen LogP contribution in [0.1, 0.15) is 22.8 Å². The minimum atomic E-state index is -0.682. The smallest absolute Gasteiger partial charge is 0.254 e. The van der Waals surface area contributed by atoms with Gasteiger partial charge in [0, 0.05) is 24.5 Å². The molecule has 0 saturated carbocycles. The molecule has 160 valence electrons. The Morgan fingerprint density at radius 1 is 1.10 bits per heavy atom. The molecule has 1 aromatic heterocycles. The lowest BCUT2D eigenvalue weighted by molar-refractivity contribution is -0.114. The summed E-state index contributed by atoms with van der Waals surface area (Å²) in [5.74, 6) is -0.417. The van der Waals surface area contributed by atoms with E-state index in [9.17, 15) is 14.7 Å². The fourth-order valence-corrected chi connectivity index (χ4v) is 2.99. The summed E-state index contributed by atoms with van der Waals surface area (Å²) in [6, 6.07) is 16.3. The lowest BCUT2D eigenvalue weighted by Gasteiger charge is -2.19. The molecule has 0 aliphatic carbocycles. The SMILES string of the molecule is CC(=O)Nc1cccc(Nc2ncc(C(N)=O)c(N[C@H](CO)Cc3ccccc3)n2)c1. The van der Waals surface area contributed by atoms with Crippen LogP contribution in [0.4, 0.5) is 23.1 Å². The Bertz CT molecular complexity index is 1060. The summed E-state index contributed by atoms with van der Waals surface area (Å²) in [5, 5.41) is 18.6. The number of carbonyl (C=O) groups is 2. The molecule has 6 N–H and O–H groups in total. The molecule has 0 fully saturated rings. The summed E-state index contributed by atoms with van der Waals surface area (Å²) in [7, 11) is 0. The molecule has 2 aromatic carbocycles. The van der Waals surface area contributed by atoms with Gasteiger partial charge in [0.25, 0.3) is 5.91 Å². The highest BCUT2D eigenvalue weighted by Gasteiger charge is 2.17. The maximum Gasteiger partial charge on any atom is 0.254 e. The molecular weight excluding hydrogens is 396 g/mol. The Morgan fingerprint density at radius 2 is 1.84 bits per heavy atom. The summed E-state index contributed by atoms with van der Waals surface area (Å²) < 4.78 is 0. The van der Waals surface area contributed by atoms with Crippen LogP contribution in [0.15, 0.2) is 60.8 Å². The number of primary amides is 1. The number of anilines is 4. The van der Waals surface area contributed by atoms with Gasteiger partial charge in [-0.1, -0.05) is 36.4 Å². The molecule has 0 saturated heterocycles. The quantitative estimate of drug-likeness (QED) is 0.357. The first kappa shape index (κ1) is 21.7. The van der Waals surface area contributed by atoms with Crippen LogP contribution < -0.4 is 21.7 Å². The number of nitrogens with two attached hydrogens (primary N) is 1. The van der Waals surface area contributed by atoms with Gasteiger partial charge in [-0.05, 0) is 30.2 Å². The Labute approximate surface area is 179 Å². The Kier molecular flexibility index (Phi) is 7.13. The van der Waals surface area contributed by atoms with E-state index < -0.39 is 5.91 Å². The van der Waals surface area contributed by atoms with E-state index in [2.05, 4.69) is 25.9 Å². The molecule has 0 bridgehead atoms. The molecule has 0 aliphatic rings. The van der Waals surface area contributed by atoms with Crippen LogP contribution in [-0.2, 0) is 11.2 Å². The molecule has 0 spiro atoms. The van der Waals surface area contributed by atoms with Crippen molar-refractivity contribution in [2.45, 2.75) is 19.4 Å². The molecule has 31 heavy (non-hydrogen) atoms. The molecule has 3 aromatic rings. The van der Waals surface area contributed by atoms with Crippen LogP contribution in [0, 0.1) is 0 Å². The predicted molar refractivity (Wildman–Crippen MR) is 119 cm³/mol. The number of benzene rings is 2. The highest BCUT2D eigenvalue weighted by atomic mass is 16.3. The van der Waals surface area contributed by atoms with Gasteiger partial charge in [-0.25, -0.2) is 4.98 Å². The average Bonchev–Trinajstić information content (AvgIpc) is 2.74. The van der Waals surface area contributed by atoms with Crippen molar-refractivity contribution >= 4 is 35.0 Å². The van der Waals surface area contributed by atoms with Crippen LogP contribution in [-0.4, -0.2) is 39.5 Å². The van der Waals surface area contributed by atoms with Gasteiger partial charge in [0.2, 0.25) is 11.9 Å². The minimum Gasteiger partial charge on any atom is -0.394 e. The predicted octanol–water partition coefficient (Wildman–Crippen LogP) is 2.29. The number of aliphatic hydroxyl groups is 1. The monoisotopic (exact) mass is 420 g/mol. The fraction of sp³-hybridized carbons (Fsp3) is 0.182. The van der Waals surface area contributed by atoms with Crippen LogP contribution in [0.2, 0.25) is 0 Å². The van der Waals surface area contributed by atoms with E-state index in [0.29, 0.717) is 17.8 Å². The van der Waals surface area contributed by atoms with E-state index in [4.69, 9.17) is 5.73 Å². The van der Waals surface area contributed by atoms with Crippen molar-refractivity contribution in [2.24, 2.45) is 5.73 Å². The third-order valence-electron chi connectivity index (χ3n) is 4.38. The second-order valence-corrected chi connectivity index (χ2v) is 6.92. The van der Waals surface area contributed by atoms with E-state index in [-0.39, 0.29) is 35.9 Å². The maximum atomic E-state index is 11.8. The standard InChI is InChI=1S/C22H24N6O3/c1-14(30)25-16-8-5-9-17(11-16)27-22-24-12-19(20(23)31)21(28-22)26-18(13-29)10-15-6-3-2-4-7-15/h2-9,11-12,18,29H,10,13H2,1H3,(H2,23,31)(H,25,30)(H2,24,26,27,28)/t18-/m0/s1. The average molecular weight is 420 g/mol. The van der Waals surface area contributed by atoms with Gasteiger partial charge in [0.1, 0.15) is 5.82 Å². The molecular formula is C22H24N6O3. The first-order valence-corrected chi connectivity index (χ1v) is 9.67. The Hall–Kier alpha value is -3.98. The van der Waals surface area contributed by atoms with Crippen molar-refractivity contribution < 1.29 is 14.7 Å². The number of hydrogen-bond donors (Lipinski definition) is 5. The highest BCUT2D eigenvalue weighted by molar-refractivity contribution is 5.97. The van der Waals surface area contributed by atoms with Gasteiger partial charge in [-0.2, -0.15) is 4.98 Å². The van der Waals surface area contributed by atoms with Gasteiger partial charge in [0.05, 0.1) is 18.2 Å². The van der Waals surface area contributed by atoms with E-state index in [0.717, 1.165) is 5.56 Å². The Morgan fingerprint density at radius 3 is 2.52 bits per heavy atom. The van der Waals surface area contributed by atoms with Crippen molar-refractivity contribution in [3.05, 3.63) is 71.9 Å². The zero-order valence-electron chi connectivity index (χ0n) is 17.0. The van der Waals surface area contributed by atoms with Crippen molar-refractivity contribution in [3.8, 4) is 0 Å². The third kappa shape index (κ3) is 6.25. The number of nitrogens with one attached hydrogen (secondary N) is 3. The number of nitrogens with zero attached hydrogens (tertiary/aromatic N) is 2. The fourth-order valence-electron chi connectivity index (χ4n) is 2.99. The largest absolute Gasteiger partial charge is 0.394 e. The van der Waals surface area contributed by atoms with Crippen molar-refractivity contribution in [1.29, 1.82) is 0 Å². The van der Waals surface area contributed by atoms with E-state index >= 15 is 0 Å². The molecule has 0 unspecified atom stereocenters. The van der Waals surface area contributed by atoms with E-state index in [1.165, 1.54) is 13.1 Å². The van der Waals surface area contributed by atoms with Crippen molar-refractivity contribution in [2.75, 3.05) is 22.6 Å². The molecule has 1 heterocycles. The van der Waals surface area contributed by atoms with Gasteiger partial charge in [-0.3, -0.25) is 9.59 Å². The topological polar surface area (TPSA) is 142 Å². The highest BCUT2D eigenvalue weighted by Crippen LogP contribution is 2.21. The van der Waals surface area contributed by atoms with Gasteiger partial charge in [0.15, 0.2) is 0 Å². The second-order valence-electron chi connectivity index (χ2n) is 6.92. The normalized spacial score (nSPS) is 11.4. The summed E-state index contributed by atoms with van der Waals surface area (Å²) in [5.41, 5.74) is 7.87. The Balaban J connectivity index is 1.82. The number of carbonyl (C=O) groups excluding carboxylic acids is 2. The zero-order chi connectivity index (χ0) is 22.2. The van der Waals surface area contributed by atoms with Crippen LogP contribution >= 0.6 is 0 Å². The lowest BCUT2D eigenvalue weighted by atomic mass is 10.1. The molecule has 2 amide bonds. The molecule has 0 radical (unpaired) electrons. The molecule has 1 atom stereocenters. The molecule has 9 heteroatoms. The number of amides is 2. The summed E-state index contributed by atoms with van der Waals surface area (Å²) >= 11 is 0. The second kappa shape index (κ2) is 10.2. The third-order valence-corrected chi connectivity index (χ3v) is 4.38. The van der Waals surface area contributed by atoms with E-state index in [1.807, 2.05) is 30.3 Å². The van der Waals surface area contributed by atoms with E-state index in [1.54, 1.807) is 24.3 Å². The minimum absolute atomic E-state index is 0.115. The summed E-state index contributed by atoms with van der Waals surface area (Å²) in [6.07, 6.45) is 1.86. The lowest BCUT2D eigenvalue weighted by Crippen LogP contribution is -2.29. The first-order chi connectivity index (χ1) is 14.9. The number of aliphatic hydroxyl groups excluding tert-OH is 1. The summed E-state index contributed by atoms with van der Waals surface area (Å²) in [6.45, 7) is 1.26. The van der Waals surface area contributed by atoms with Gasteiger partial charge in [-0.15, -0.1) is 0 Å². The van der Waals surface area contributed by atoms with Gasteiger partial charge >= 0.3 is 0 Å². The molecule has 3 rings (SSSR count). The molecule has 9 nitrogen and oxygen atoms in total. The first-order valence-electron chi connectivity index (χ1n) is 9.67.